The van der Waals surface area contributed by atoms with Gasteiger partial charge in [-0.05, 0) is 23.4 Å². The van der Waals surface area contributed by atoms with Crippen LogP contribution in [0.3, 0.4) is 0 Å². The molecule has 1 heterocycles. The summed E-state index contributed by atoms with van der Waals surface area (Å²) in [6, 6.07) is 5.08. The van der Waals surface area contributed by atoms with Crippen LogP contribution in [0.5, 0.6) is 0 Å². The van der Waals surface area contributed by atoms with Crippen molar-refractivity contribution in [3.63, 3.8) is 0 Å². The normalized spacial score (nSPS) is 8.94. The Kier molecular flexibility index (Phi) is 6.30. The summed E-state index contributed by atoms with van der Waals surface area (Å²) in [6.45, 7) is 0. The van der Waals surface area contributed by atoms with E-state index < -0.39 is 5.97 Å². The number of nitrogens with two attached hydrogens (primary N) is 1. The van der Waals surface area contributed by atoms with Gasteiger partial charge in [-0.15, -0.1) is 0 Å². The molecular formula is C12H13IrN3O2-2. The van der Waals surface area contributed by atoms with Crippen molar-refractivity contribution in [3.8, 4) is 11.3 Å². The van der Waals surface area contributed by atoms with Crippen LogP contribution in [0.25, 0.3) is 11.3 Å². The van der Waals surface area contributed by atoms with Gasteiger partial charge in [0.2, 0.25) is 0 Å². The number of hydrogen-bond acceptors (Lipinski definition) is 4. The fourth-order valence-corrected chi connectivity index (χ4v) is 1.38. The summed E-state index contributed by atoms with van der Waals surface area (Å²) in [7, 11) is 1.32. The van der Waals surface area contributed by atoms with Gasteiger partial charge in [-0.25, -0.2) is 4.79 Å². The van der Waals surface area contributed by atoms with E-state index in [1.165, 1.54) is 13.4 Å². The summed E-state index contributed by atoms with van der Waals surface area (Å²) < 4.78 is 4.63. The molecule has 1 aromatic heterocycles. The molecule has 0 aliphatic heterocycles. The van der Waals surface area contributed by atoms with Crippen LogP contribution in [0.1, 0.15) is 10.4 Å². The largest absolute Gasteiger partial charge is 0.465 e. The standard InChI is InChI=1S/C11H11N3O2.CH3.Ir/c1-16-11(15)8-4-7(2-3-9(8)12)10-5-13-6-14-10;;/h2-6H,1H3,(H3,12,13,14,15);1H3;/q;-1;/p-1. The number of esters is 1. The minimum Gasteiger partial charge on any atom is -0.465 e. The second kappa shape index (κ2) is 6.93. The Labute approximate surface area is 119 Å². The quantitative estimate of drug-likeness (QED) is 0.450. The molecule has 0 fully saturated rings. The molecule has 18 heavy (non-hydrogen) atoms. The minimum absolute atomic E-state index is 0. The molecule has 0 unspecified atom stereocenters. The van der Waals surface area contributed by atoms with E-state index in [0.29, 0.717) is 16.9 Å². The molecule has 1 aromatic carbocycles. The number of hydrogen-bond donors (Lipinski definition) is 1. The van der Waals surface area contributed by atoms with Crippen molar-refractivity contribution in [2.24, 2.45) is 0 Å². The minimum atomic E-state index is -0.459. The molecule has 0 spiro atoms. The van der Waals surface area contributed by atoms with Gasteiger partial charge in [0.1, 0.15) is 0 Å². The number of methoxy groups -OCH3 is 1. The summed E-state index contributed by atoms with van der Waals surface area (Å²) in [5.74, 6) is -0.459. The third kappa shape index (κ3) is 3.18. The van der Waals surface area contributed by atoms with Gasteiger partial charge in [0.05, 0.1) is 12.7 Å². The Balaban J connectivity index is 0.00000144. The first kappa shape index (κ1) is 16.3. The Bertz CT molecular complexity index is 512. The summed E-state index contributed by atoms with van der Waals surface area (Å²) in [5.41, 5.74) is 7.89. The van der Waals surface area contributed by atoms with E-state index in [9.17, 15) is 4.79 Å². The van der Waals surface area contributed by atoms with E-state index in [4.69, 9.17) is 5.73 Å². The number of carbonyl (C=O) groups is 1. The smallest absolute Gasteiger partial charge is 0.339 e. The predicted molar refractivity (Wildman–Crippen MR) is 65.2 cm³/mol. The number of aromatic nitrogens is 2. The second-order valence-electron chi connectivity index (χ2n) is 3.20. The van der Waals surface area contributed by atoms with Gasteiger partial charge in [0.15, 0.2) is 0 Å². The number of nitrogens with zero attached hydrogens (tertiary/aromatic N) is 2. The summed E-state index contributed by atoms with van der Waals surface area (Å²) in [4.78, 5) is 19.3. The molecular weight excluding hydrogens is 410 g/mol. The van der Waals surface area contributed by atoms with Gasteiger partial charge in [-0.3, -0.25) is 0 Å². The molecule has 2 aromatic rings. The van der Waals surface area contributed by atoms with Gasteiger partial charge in [0.25, 0.3) is 0 Å². The van der Waals surface area contributed by atoms with Crippen LogP contribution in [0.2, 0.25) is 0 Å². The van der Waals surface area contributed by atoms with Crippen LogP contribution in [0, 0.1) is 7.43 Å². The van der Waals surface area contributed by atoms with Crippen LogP contribution in [0.4, 0.5) is 5.69 Å². The van der Waals surface area contributed by atoms with Gasteiger partial charge in [-0.1, -0.05) is 18.6 Å². The Morgan fingerprint density at radius 2 is 2.17 bits per heavy atom. The molecule has 2 rings (SSSR count). The van der Waals surface area contributed by atoms with Crippen molar-refractivity contribution >= 4 is 11.7 Å². The van der Waals surface area contributed by atoms with E-state index >= 15 is 0 Å². The number of ether oxygens (including phenoxy) is 1. The average Bonchev–Trinajstić information content (AvgIpc) is 2.82. The van der Waals surface area contributed by atoms with Crippen LogP contribution < -0.4 is 10.7 Å². The van der Waals surface area contributed by atoms with Gasteiger partial charge >= 0.3 is 5.97 Å². The molecule has 0 aliphatic carbocycles. The van der Waals surface area contributed by atoms with E-state index in [1.807, 2.05) is 0 Å². The number of rotatable bonds is 2. The zero-order valence-corrected chi connectivity index (χ0v) is 12.4. The molecule has 0 saturated carbocycles. The third-order valence-electron chi connectivity index (χ3n) is 2.21. The van der Waals surface area contributed by atoms with Crippen LogP contribution in [0.15, 0.2) is 30.7 Å². The zero-order valence-electron chi connectivity index (χ0n) is 10.0. The van der Waals surface area contributed by atoms with Crippen LogP contribution in [-0.4, -0.2) is 18.1 Å². The van der Waals surface area contributed by atoms with Crippen molar-refractivity contribution in [2.45, 2.75) is 0 Å². The van der Waals surface area contributed by atoms with Crippen molar-refractivity contribution in [1.29, 1.82) is 0 Å². The second-order valence-corrected chi connectivity index (χ2v) is 3.20. The predicted octanol–water partition coefficient (Wildman–Crippen LogP) is 1.52. The van der Waals surface area contributed by atoms with E-state index in [2.05, 4.69) is 14.7 Å². The summed E-state index contributed by atoms with van der Waals surface area (Å²) in [6.07, 6.45) is 3.07. The maximum absolute atomic E-state index is 11.4. The van der Waals surface area contributed by atoms with Gasteiger partial charge in [-0.2, -0.15) is 0 Å². The SMILES string of the molecule is COC(=O)c1cc(-c2cnc[n-]2)ccc1N.[CH3-].[Ir]. The number of anilines is 1. The molecule has 0 amide bonds. The van der Waals surface area contributed by atoms with Crippen molar-refractivity contribution in [3.05, 3.63) is 43.7 Å². The van der Waals surface area contributed by atoms with E-state index in [0.717, 1.165) is 5.56 Å². The Morgan fingerprint density at radius 1 is 1.44 bits per heavy atom. The Hall–Kier alpha value is -1.65. The fraction of sp³-hybridized carbons (Fsp3) is 0.0833. The third-order valence-corrected chi connectivity index (χ3v) is 2.21. The molecule has 6 heteroatoms. The first-order valence-corrected chi connectivity index (χ1v) is 4.63. The van der Waals surface area contributed by atoms with Crippen molar-refractivity contribution in [1.82, 2.24) is 9.97 Å². The maximum atomic E-state index is 11.4. The number of imidazole rings is 1. The van der Waals surface area contributed by atoms with Gasteiger partial charge in [0, 0.05) is 25.8 Å². The molecule has 5 nitrogen and oxygen atoms in total. The van der Waals surface area contributed by atoms with Crippen LogP contribution >= 0.6 is 0 Å². The molecule has 0 aliphatic rings. The fourth-order valence-electron chi connectivity index (χ4n) is 1.38. The first-order valence-electron chi connectivity index (χ1n) is 4.63. The molecule has 1 radical (unpaired) electrons. The van der Waals surface area contributed by atoms with Crippen LogP contribution in [-0.2, 0) is 24.8 Å². The van der Waals surface area contributed by atoms with Gasteiger partial charge < -0.3 is 27.9 Å². The molecule has 2 N–H and O–H groups in total. The summed E-state index contributed by atoms with van der Waals surface area (Å²) in [5, 5.41) is 0. The van der Waals surface area contributed by atoms with E-state index in [-0.39, 0.29) is 27.5 Å². The van der Waals surface area contributed by atoms with Crippen molar-refractivity contribution in [2.75, 3.05) is 12.8 Å². The zero-order chi connectivity index (χ0) is 11.5. The molecule has 0 atom stereocenters. The molecule has 99 valence electrons. The number of nitrogen functional groups attached to an aromatic ring is 1. The first-order chi connectivity index (χ1) is 7.72. The number of benzene rings is 1. The number of carbonyl (C=O) groups excluding carboxylic acids is 1. The average molecular weight is 423 g/mol. The van der Waals surface area contributed by atoms with Crippen molar-refractivity contribution < 1.29 is 29.6 Å². The summed E-state index contributed by atoms with van der Waals surface area (Å²) >= 11 is 0. The van der Waals surface area contributed by atoms with E-state index in [1.54, 1.807) is 24.4 Å². The Morgan fingerprint density at radius 3 is 2.72 bits per heavy atom. The molecule has 0 bridgehead atoms. The topological polar surface area (TPSA) is 79.3 Å². The molecule has 0 saturated heterocycles. The monoisotopic (exact) mass is 424 g/mol. The maximum Gasteiger partial charge on any atom is 0.339 e.